The number of esters is 1. The van der Waals surface area contributed by atoms with Gasteiger partial charge in [-0.2, -0.15) is 0 Å². The minimum atomic E-state index is -0.498. The van der Waals surface area contributed by atoms with E-state index >= 15 is 0 Å². The van der Waals surface area contributed by atoms with Gasteiger partial charge < -0.3 is 24.5 Å². The lowest BCUT2D eigenvalue weighted by Crippen LogP contribution is -2.17. The van der Waals surface area contributed by atoms with Gasteiger partial charge in [-0.05, 0) is 19.4 Å². The highest BCUT2D eigenvalue weighted by Crippen LogP contribution is 2.38. The van der Waals surface area contributed by atoms with E-state index in [9.17, 15) is 9.59 Å². The summed E-state index contributed by atoms with van der Waals surface area (Å²) in [6.45, 7) is 4.26. The number of ether oxygens (including phenoxy) is 3. The number of halogens is 1. The molecular formula is C17H17ClN2O5. The van der Waals surface area contributed by atoms with Crippen molar-refractivity contribution in [3.8, 4) is 11.5 Å². The fourth-order valence-electron chi connectivity index (χ4n) is 2.73. The van der Waals surface area contributed by atoms with Gasteiger partial charge in [0.15, 0.2) is 11.5 Å². The number of H-pyrrole nitrogens is 1. The third-order valence-corrected chi connectivity index (χ3v) is 4.25. The normalized spacial score (nSPS) is 12.6. The van der Waals surface area contributed by atoms with E-state index in [0.29, 0.717) is 52.2 Å². The Kier molecular flexibility index (Phi) is 4.59. The van der Waals surface area contributed by atoms with Gasteiger partial charge in [-0.1, -0.05) is 11.6 Å². The van der Waals surface area contributed by atoms with E-state index in [4.69, 9.17) is 25.8 Å². The summed E-state index contributed by atoms with van der Waals surface area (Å²) in [5.41, 5.74) is 2.07. The van der Waals surface area contributed by atoms with Gasteiger partial charge in [0.25, 0.3) is 5.91 Å². The van der Waals surface area contributed by atoms with Gasteiger partial charge in [-0.15, -0.1) is 0 Å². The van der Waals surface area contributed by atoms with Crippen LogP contribution in [0.5, 0.6) is 11.5 Å². The van der Waals surface area contributed by atoms with Crippen LogP contribution in [0.1, 0.15) is 32.1 Å². The summed E-state index contributed by atoms with van der Waals surface area (Å²) in [7, 11) is 1.29. The number of aryl methyl sites for hydroxylation is 1. The zero-order chi connectivity index (χ0) is 18.1. The molecule has 0 radical (unpaired) electrons. The van der Waals surface area contributed by atoms with E-state index in [0.717, 1.165) is 0 Å². The molecule has 0 aliphatic carbocycles. The number of nitrogens with one attached hydrogen (secondary N) is 2. The van der Waals surface area contributed by atoms with Crippen molar-refractivity contribution in [3.05, 3.63) is 39.7 Å². The summed E-state index contributed by atoms with van der Waals surface area (Å²) in [5, 5.41) is 3.05. The summed E-state index contributed by atoms with van der Waals surface area (Å²) >= 11 is 6.21. The van der Waals surface area contributed by atoms with Crippen LogP contribution in [0.25, 0.3) is 0 Å². The number of aromatic amines is 1. The largest absolute Gasteiger partial charge is 0.486 e. The van der Waals surface area contributed by atoms with Crippen molar-refractivity contribution in [1.29, 1.82) is 0 Å². The molecule has 132 valence electrons. The monoisotopic (exact) mass is 364 g/mol. The van der Waals surface area contributed by atoms with E-state index in [2.05, 4.69) is 10.3 Å². The number of hydrogen-bond acceptors (Lipinski definition) is 5. The van der Waals surface area contributed by atoms with Crippen molar-refractivity contribution in [3.63, 3.8) is 0 Å². The van der Waals surface area contributed by atoms with Gasteiger partial charge >= 0.3 is 5.97 Å². The molecule has 2 N–H and O–H groups in total. The molecule has 0 atom stereocenters. The second-order valence-corrected chi connectivity index (χ2v) is 5.95. The Morgan fingerprint density at radius 1 is 1.20 bits per heavy atom. The average Bonchev–Trinajstić information content (AvgIpc) is 2.89. The molecular weight excluding hydrogens is 348 g/mol. The molecule has 1 aliphatic heterocycles. The number of rotatable bonds is 3. The highest BCUT2D eigenvalue weighted by atomic mass is 35.5. The maximum absolute atomic E-state index is 12.6. The number of aromatic nitrogens is 1. The van der Waals surface area contributed by atoms with E-state index in [1.54, 1.807) is 26.0 Å². The molecule has 1 aromatic carbocycles. The van der Waals surface area contributed by atoms with Gasteiger partial charge in [0, 0.05) is 17.8 Å². The molecule has 1 aliphatic rings. The first-order chi connectivity index (χ1) is 11.9. The molecule has 0 unspecified atom stereocenters. The number of carbonyl (C=O) groups excluding carboxylic acids is 2. The van der Waals surface area contributed by atoms with Crippen LogP contribution < -0.4 is 14.8 Å². The standard InChI is InChI=1S/C17H17ClN2O5/c1-8-14(17(22)23-3)9(2)19-15(8)16(21)20-11-7-13-12(6-10(11)18)24-4-5-25-13/h6-7,19H,4-5H2,1-3H3,(H,20,21). The zero-order valence-electron chi connectivity index (χ0n) is 14.0. The van der Waals surface area contributed by atoms with Crippen LogP contribution in [0.4, 0.5) is 5.69 Å². The first-order valence-corrected chi connectivity index (χ1v) is 7.98. The van der Waals surface area contributed by atoms with Crippen LogP contribution in [0.2, 0.25) is 5.02 Å². The van der Waals surface area contributed by atoms with Crippen molar-refractivity contribution in [2.75, 3.05) is 25.6 Å². The Morgan fingerprint density at radius 2 is 1.84 bits per heavy atom. The van der Waals surface area contributed by atoms with Crippen LogP contribution >= 0.6 is 11.6 Å². The molecule has 1 aromatic heterocycles. The maximum atomic E-state index is 12.6. The minimum Gasteiger partial charge on any atom is -0.486 e. The Balaban J connectivity index is 1.90. The third-order valence-electron chi connectivity index (χ3n) is 3.93. The molecule has 8 heteroatoms. The smallest absolute Gasteiger partial charge is 0.339 e. The first-order valence-electron chi connectivity index (χ1n) is 7.60. The van der Waals surface area contributed by atoms with Crippen molar-refractivity contribution in [2.45, 2.75) is 13.8 Å². The van der Waals surface area contributed by atoms with E-state index in [1.165, 1.54) is 7.11 Å². The lowest BCUT2D eigenvalue weighted by Gasteiger charge is -2.20. The van der Waals surface area contributed by atoms with E-state index in [1.807, 2.05) is 0 Å². The summed E-state index contributed by atoms with van der Waals surface area (Å²) in [5.74, 6) is 0.131. The molecule has 0 bridgehead atoms. The minimum absolute atomic E-state index is 0.267. The topological polar surface area (TPSA) is 89.7 Å². The van der Waals surface area contributed by atoms with Gasteiger partial charge in [0.2, 0.25) is 0 Å². The van der Waals surface area contributed by atoms with Crippen LogP contribution in [-0.2, 0) is 4.74 Å². The van der Waals surface area contributed by atoms with Crippen LogP contribution in [0.3, 0.4) is 0 Å². The van der Waals surface area contributed by atoms with Crippen molar-refractivity contribution >= 4 is 29.2 Å². The van der Waals surface area contributed by atoms with Crippen LogP contribution in [-0.4, -0.2) is 37.2 Å². The van der Waals surface area contributed by atoms with Gasteiger partial charge in [-0.3, -0.25) is 4.79 Å². The molecule has 3 rings (SSSR count). The number of hydrogen-bond donors (Lipinski definition) is 2. The SMILES string of the molecule is COC(=O)c1c(C)[nH]c(C(=O)Nc2cc3c(cc2Cl)OCCO3)c1C. The second kappa shape index (κ2) is 6.68. The van der Waals surface area contributed by atoms with E-state index < -0.39 is 11.9 Å². The van der Waals surface area contributed by atoms with E-state index in [-0.39, 0.29) is 5.69 Å². The van der Waals surface area contributed by atoms with Crippen LogP contribution in [0, 0.1) is 13.8 Å². The number of carbonyl (C=O) groups is 2. The Bertz CT molecular complexity index is 859. The summed E-state index contributed by atoms with van der Waals surface area (Å²) < 4.78 is 15.7. The molecule has 7 nitrogen and oxygen atoms in total. The lowest BCUT2D eigenvalue weighted by atomic mass is 10.1. The highest BCUT2D eigenvalue weighted by molar-refractivity contribution is 6.34. The van der Waals surface area contributed by atoms with Gasteiger partial charge in [-0.25, -0.2) is 4.79 Å². The quantitative estimate of drug-likeness (QED) is 0.817. The van der Waals surface area contributed by atoms with Gasteiger partial charge in [0.05, 0.1) is 23.4 Å². The molecule has 25 heavy (non-hydrogen) atoms. The van der Waals surface area contributed by atoms with Crippen molar-refractivity contribution in [1.82, 2.24) is 4.98 Å². The molecule has 0 saturated carbocycles. The molecule has 0 spiro atoms. The maximum Gasteiger partial charge on any atom is 0.339 e. The molecule has 0 saturated heterocycles. The fraction of sp³-hybridized carbons (Fsp3) is 0.294. The zero-order valence-corrected chi connectivity index (χ0v) is 14.7. The Labute approximate surface area is 149 Å². The van der Waals surface area contributed by atoms with Gasteiger partial charge in [0.1, 0.15) is 18.9 Å². The number of anilines is 1. The molecule has 0 fully saturated rings. The predicted octanol–water partition coefficient (Wildman–Crippen LogP) is 3.10. The lowest BCUT2D eigenvalue weighted by molar-refractivity contribution is 0.0599. The van der Waals surface area contributed by atoms with Crippen molar-refractivity contribution < 1.29 is 23.8 Å². The summed E-state index contributed by atoms with van der Waals surface area (Å²) in [6.07, 6.45) is 0. The first kappa shape index (κ1) is 17.2. The second-order valence-electron chi connectivity index (χ2n) is 5.55. The average molecular weight is 365 g/mol. The number of benzene rings is 1. The summed E-state index contributed by atoms with van der Waals surface area (Å²) in [4.78, 5) is 27.4. The predicted molar refractivity (Wildman–Crippen MR) is 92.0 cm³/mol. The third kappa shape index (κ3) is 3.15. The van der Waals surface area contributed by atoms with Crippen LogP contribution in [0.15, 0.2) is 12.1 Å². The number of amides is 1. The molecule has 1 amide bonds. The molecule has 2 aromatic rings. The number of methoxy groups -OCH3 is 1. The fourth-order valence-corrected chi connectivity index (χ4v) is 2.93. The Hall–Kier alpha value is -2.67. The summed E-state index contributed by atoms with van der Waals surface area (Å²) in [6, 6.07) is 3.21. The highest BCUT2D eigenvalue weighted by Gasteiger charge is 2.23. The molecule has 2 heterocycles. The van der Waals surface area contributed by atoms with Crippen molar-refractivity contribution in [2.24, 2.45) is 0 Å². The Morgan fingerprint density at radius 3 is 2.48 bits per heavy atom. The number of fused-ring (bicyclic) bond motifs is 1.